The SMILES string of the molecule is COc1ccc(C(=O)Oc2cc(OCc3ccccc3)c(OC)c(OC(C)C)c2C(C)=O)cc1. The molecule has 0 unspecified atom stereocenters. The van der Waals surface area contributed by atoms with Gasteiger partial charge in [0, 0.05) is 6.07 Å². The minimum atomic E-state index is -0.639. The first-order valence-corrected chi connectivity index (χ1v) is 10.8. The molecule has 3 aromatic rings. The van der Waals surface area contributed by atoms with Crippen LogP contribution in [0.3, 0.4) is 0 Å². The standard InChI is InChI=1S/C27H28O7/c1-17(2)33-26-24(18(3)28)22(34-27(29)20-11-13-21(30-4)14-12-20)15-23(25(26)31-5)32-16-19-9-7-6-8-10-19/h6-15,17H,16H2,1-5H3. The molecule has 0 aliphatic heterocycles. The van der Waals surface area contributed by atoms with Gasteiger partial charge in [0.2, 0.25) is 5.75 Å². The van der Waals surface area contributed by atoms with Crippen LogP contribution in [-0.2, 0) is 6.61 Å². The second-order valence-corrected chi connectivity index (χ2v) is 7.73. The van der Waals surface area contributed by atoms with Crippen LogP contribution >= 0.6 is 0 Å². The van der Waals surface area contributed by atoms with Crippen molar-refractivity contribution >= 4 is 11.8 Å². The molecule has 178 valence electrons. The fraction of sp³-hybridized carbons (Fsp3) is 0.259. The fourth-order valence-corrected chi connectivity index (χ4v) is 3.28. The number of hydrogen-bond donors (Lipinski definition) is 0. The molecule has 3 rings (SSSR count). The molecule has 7 nitrogen and oxygen atoms in total. The number of methoxy groups -OCH3 is 2. The number of benzene rings is 3. The van der Waals surface area contributed by atoms with Gasteiger partial charge in [0.1, 0.15) is 23.7 Å². The maximum atomic E-state index is 12.9. The van der Waals surface area contributed by atoms with E-state index in [2.05, 4.69) is 0 Å². The molecular formula is C27H28O7. The van der Waals surface area contributed by atoms with Crippen molar-refractivity contribution in [1.82, 2.24) is 0 Å². The molecule has 0 amide bonds. The lowest BCUT2D eigenvalue weighted by atomic mass is 10.1. The van der Waals surface area contributed by atoms with E-state index in [4.69, 9.17) is 23.7 Å². The molecule has 3 aromatic carbocycles. The number of Topliss-reactive ketones (excluding diaryl/α,β-unsaturated/α-hetero) is 1. The second-order valence-electron chi connectivity index (χ2n) is 7.73. The average molecular weight is 465 g/mol. The molecular weight excluding hydrogens is 436 g/mol. The van der Waals surface area contributed by atoms with Crippen molar-refractivity contribution in [2.45, 2.75) is 33.5 Å². The molecule has 0 radical (unpaired) electrons. The number of carbonyl (C=O) groups excluding carboxylic acids is 2. The van der Waals surface area contributed by atoms with Gasteiger partial charge < -0.3 is 23.7 Å². The Morgan fingerprint density at radius 1 is 0.853 bits per heavy atom. The number of rotatable bonds is 10. The van der Waals surface area contributed by atoms with Crippen LogP contribution in [0.4, 0.5) is 0 Å². The predicted molar refractivity (Wildman–Crippen MR) is 127 cm³/mol. The molecule has 0 saturated carbocycles. The summed E-state index contributed by atoms with van der Waals surface area (Å²) in [6, 6.07) is 17.5. The van der Waals surface area contributed by atoms with Gasteiger partial charge in [-0.1, -0.05) is 30.3 Å². The predicted octanol–water partition coefficient (Wildman–Crippen LogP) is 5.49. The highest BCUT2D eigenvalue weighted by atomic mass is 16.6. The molecule has 0 saturated heterocycles. The summed E-state index contributed by atoms with van der Waals surface area (Å²) >= 11 is 0. The van der Waals surface area contributed by atoms with Crippen LogP contribution in [0.5, 0.6) is 28.7 Å². The number of ether oxygens (including phenoxy) is 5. The summed E-state index contributed by atoms with van der Waals surface area (Å²) in [6.45, 7) is 5.26. The van der Waals surface area contributed by atoms with Gasteiger partial charge in [-0.25, -0.2) is 4.79 Å². The molecule has 0 heterocycles. The summed E-state index contributed by atoms with van der Waals surface area (Å²) in [6.07, 6.45) is -0.276. The molecule has 34 heavy (non-hydrogen) atoms. The van der Waals surface area contributed by atoms with Gasteiger partial charge >= 0.3 is 5.97 Å². The van der Waals surface area contributed by atoms with E-state index >= 15 is 0 Å². The molecule has 0 atom stereocenters. The monoisotopic (exact) mass is 464 g/mol. The van der Waals surface area contributed by atoms with Crippen LogP contribution in [-0.4, -0.2) is 32.1 Å². The Hall–Kier alpha value is -4.00. The van der Waals surface area contributed by atoms with Crippen molar-refractivity contribution < 1.29 is 33.3 Å². The van der Waals surface area contributed by atoms with E-state index in [1.165, 1.54) is 27.2 Å². The maximum Gasteiger partial charge on any atom is 0.343 e. The third-order valence-electron chi connectivity index (χ3n) is 4.84. The molecule has 0 aliphatic carbocycles. The summed E-state index contributed by atoms with van der Waals surface area (Å²) in [5, 5.41) is 0. The highest BCUT2D eigenvalue weighted by Gasteiger charge is 2.27. The van der Waals surface area contributed by atoms with E-state index in [-0.39, 0.29) is 47.1 Å². The number of hydrogen-bond acceptors (Lipinski definition) is 7. The molecule has 0 N–H and O–H groups in total. The van der Waals surface area contributed by atoms with E-state index < -0.39 is 5.97 Å². The van der Waals surface area contributed by atoms with E-state index in [1.807, 2.05) is 44.2 Å². The van der Waals surface area contributed by atoms with Crippen molar-refractivity contribution in [2.24, 2.45) is 0 Å². The average Bonchev–Trinajstić information content (AvgIpc) is 2.82. The zero-order valence-corrected chi connectivity index (χ0v) is 19.9. The minimum absolute atomic E-state index is 0.0211. The molecule has 0 aliphatic rings. The van der Waals surface area contributed by atoms with Gasteiger partial charge in [-0.3, -0.25) is 4.79 Å². The highest BCUT2D eigenvalue weighted by molar-refractivity contribution is 6.02. The highest BCUT2D eigenvalue weighted by Crippen LogP contribution is 2.46. The quantitative estimate of drug-likeness (QED) is 0.223. The zero-order valence-electron chi connectivity index (χ0n) is 19.9. The van der Waals surface area contributed by atoms with Gasteiger partial charge in [0.15, 0.2) is 17.3 Å². The van der Waals surface area contributed by atoms with Crippen LogP contribution in [0.1, 0.15) is 47.1 Å². The van der Waals surface area contributed by atoms with Crippen LogP contribution in [0, 0.1) is 0 Å². The summed E-state index contributed by atoms with van der Waals surface area (Å²) in [5.74, 6) is 0.333. The Kier molecular flexibility index (Phi) is 8.14. The largest absolute Gasteiger partial charge is 0.497 e. The van der Waals surface area contributed by atoms with Gasteiger partial charge in [0.25, 0.3) is 0 Å². The number of esters is 1. The Labute approximate surface area is 199 Å². The number of ketones is 1. The Balaban J connectivity index is 2.05. The van der Waals surface area contributed by atoms with E-state index in [0.717, 1.165) is 5.56 Å². The van der Waals surface area contributed by atoms with Crippen molar-refractivity contribution in [3.05, 3.63) is 77.4 Å². The normalized spacial score (nSPS) is 10.5. The van der Waals surface area contributed by atoms with Crippen LogP contribution in [0.2, 0.25) is 0 Å². The first kappa shape index (κ1) is 24.6. The van der Waals surface area contributed by atoms with Crippen LogP contribution in [0.15, 0.2) is 60.7 Å². The Morgan fingerprint density at radius 3 is 2.09 bits per heavy atom. The van der Waals surface area contributed by atoms with Gasteiger partial charge in [-0.05, 0) is 50.6 Å². The first-order chi connectivity index (χ1) is 16.3. The Morgan fingerprint density at radius 2 is 1.53 bits per heavy atom. The minimum Gasteiger partial charge on any atom is -0.497 e. The third kappa shape index (κ3) is 5.86. The summed E-state index contributed by atoms with van der Waals surface area (Å²) in [7, 11) is 3.00. The van der Waals surface area contributed by atoms with Gasteiger partial charge in [0.05, 0.1) is 25.9 Å². The van der Waals surface area contributed by atoms with Gasteiger partial charge in [-0.15, -0.1) is 0 Å². The van der Waals surface area contributed by atoms with E-state index in [0.29, 0.717) is 11.3 Å². The van der Waals surface area contributed by atoms with Crippen molar-refractivity contribution in [3.63, 3.8) is 0 Å². The molecule has 0 spiro atoms. The summed E-state index contributed by atoms with van der Waals surface area (Å²) in [4.78, 5) is 25.5. The number of carbonyl (C=O) groups is 2. The third-order valence-corrected chi connectivity index (χ3v) is 4.84. The first-order valence-electron chi connectivity index (χ1n) is 10.8. The lowest BCUT2D eigenvalue weighted by Crippen LogP contribution is -2.15. The summed E-state index contributed by atoms with van der Waals surface area (Å²) < 4.78 is 28.3. The van der Waals surface area contributed by atoms with E-state index in [1.54, 1.807) is 24.3 Å². The zero-order chi connectivity index (χ0) is 24.7. The lowest BCUT2D eigenvalue weighted by Gasteiger charge is -2.21. The molecule has 0 aromatic heterocycles. The molecule has 7 heteroatoms. The topological polar surface area (TPSA) is 80.3 Å². The molecule has 0 bridgehead atoms. The van der Waals surface area contributed by atoms with E-state index in [9.17, 15) is 9.59 Å². The van der Waals surface area contributed by atoms with Crippen molar-refractivity contribution in [3.8, 4) is 28.7 Å². The lowest BCUT2D eigenvalue weighted by molar-refractivity contribution is 0.0731. The van der Waals surface area contributed by atoms with Crippen molar-refractivity contribution in [2.75, 3.05) is 14.2 Å². The van der Waals surface area contributed by atoms with Crippen LogP contribution in [0.25, 0.3) is 0 Å². The maximum absolute atomic E-state index is 12.9. The smallest absolute Gasteiger partial charge is 0.343 e. The van der Waals surface area contributed by atoms with Crippen LogP contribution < -0.4 is 23.7 Å². The fourth-order valence-electron chi connectivity index (χ4n) is 3.28. The summed E-state index contributed by atoms with van der Waals surface area (Å²) in [5.41, 5.74) is 1.33. The second kappa shape index (κ2) is 11.2. The molecule has 0 fully saturated rings. The van der Waals surface area contributed by atoms with Gasteiger partial charge in [-0.2, -0.15) is 0 Å². The Bertz CT molecular complexity index is 1140. The van der Waals surface area contributed by atoms with Crippen molar-refractivity contribution in [1.29, 1.82) is 0 Å².